The fraction of sp³-hybridized carbons (Fsp3) is 0.300. The summed E-state index contributed by atoms with van der Waals surface area (Å²) >= 11 is 0. The van der Waals surface area contributed by atoms with Crippen LogP contribution in [0.15, 0.2) is 48.9 Å². The van der Waals surface area contributed by atoms with Crippen LogP contribution in [0.2, 0.25) is 0 Å². The molecule has 0 unspecified atom stereocenters. The van der Waals surface area contributed by atoms with Gasteiger partial charge in [0.1, 0.15) is 6.33 Å². The lowest BCUT2D eigenvalue weighted by Gasteiger charge is -2.32. The molecule has 26 heavy (non-hydrogen) atoms. The first-order valence-corrected chi connectivity index (χ1v) is 8.89. The van der Waals surface area contributed by atoms with Crippen molar-refractivity contribution in [1.29, 1.82) is 0 Å². The molecule has 6 nitrogen and oxygen atoms in total. The van der Waals surface area contributed by atoms with Gasteiger partial charge in [0.05, 0.1) is 17.0 Å². The number of hydrogen-bond acceptors (Lipinski definition) is 4. The van der Waals surface area contributed by atoms with Crippen molar-refractivity contribution in [3.05, 3.63) is 65.9 Å². The van der Waals surface area contributed by atoms with Gasteiger partial charge in [0.2, 0.25) is 0 Å². The average molecular weight is 347 g/mol. The quantitative estimate of drug-likeness (QED) is 0.789. The van der Waals surface area contributed by atoms with Gasteiger partial charge >= 0.3 is 0 Å². The molecule has 132 valence electrons. The number of aromatic amines is 1. The molecule has 1 atom stereocenters. The van der Waals surface area contributed by atoms with Crippen LogP contribution >= 0.6 is 0 Å². The minimum atomic E-state index is -0.0126. The molecule has 1 N–H and O–H groups in total. The lowest BCUT2D eigenvalue weighted by Crippen LogP contribution is -2.39. The summed E-state index contributed by atoms with van der Waals surface area (Å²) in [4.78, 5) is 23.6. The van der Waals surface area contributed by atoms with E-state index in [1.807, 2.05) is 42.2 Å². The highest BCUT2D eigenvalue weighted by atomic mass is 16.2. The molecule has 1 amide bonds. The third kappa shape index (κ3) is 3.22. The maximum absolute atomic E-state index is 13.2. The van der Waals surface area contributed by atoms with Crippen LogP contribution in [-0.4, -0.2) is 44.1 Å². The summed E-state index contributed by atoms with van der Waals surface area (Å²) in [5.74, 6) is 0.254. The van der Waals surface area contributed by atoms with E-state index in [-0.39, 0.29) is 11.8 Å². The number of likely N-dealkylation sites (tertiary alicyclic amines) is 1. The van der Waals surface area contributed by atoms with E-state index < -0.39 is 0 Å². The van der Waals surface area contributed by atoms with Crippen molar-refractivity contribution in [2.24, 2.45) is 0 Å². The monoisotopic (exact) mass is 347 g/mol. The zero-order valence-electron chi connectivity index (χ0n) is 14.7. The molecule has 0 saturated carbocycles. The molecule has 1 fully saturated rings. The molecule has 3 heterocycles. The van der Waals surface area contributed by atoms with Gasteiger partial charge in [-0.05, 0) is 25.8 Å². The van der Waals surface area contributed by atoms with Crippen molar-refractivity contribution in [2.75, 3.05) is 13.1 Å². The molecule has 2 aromatic heterocycles. The predicted molar refractivity (Wildman–Crippen MR) is 98.7 cm³/mol. The van der Waals surface area contributed by atoms with Gasteiger partial charge in [0.25, 0.3) is 5.91 Å². The summed E-state index contributed by atoms with van der Waals surface area (Å²) in [6.07, 6.45) is 5.13. The minimum Gasteiger partial charge on any atom is -0.338 e. The van der Waals surface area contributed by atoms with E-state index in [0.717, 1.165) is 36.3 Å². The van der Waals surface area contributed by atoms with Crippen molar-refractivity contribution >= 4 is 5.91 Å². The van der Waals surface area contributed by atoms with Crippen LogP contribution in [0.5, 0.6) is 0 Å². The molecule has 0 bridgehead atoms. The Hall–Kier alpha value is -3.02. The van der Waals surface area contributed by atoms with Crippen LogP contribution < -0.4 is 0 Å². The van der Waals surface area contributed by atoms with Gasteiger partial charge in [-0.1, -0.05) is 30.3 Å². The van der Waals surface area contributed by atoms with Crippen molar-refractivity contribution in [1.82, 2.24) is 25.1 Å². The first-order valence-electron chi connectivity index (χ1n) is 8.89. The highest BCUT2D eigenvalue weighted by Gasteiger charge is 2.28. The Morgan fingerprint density at radius 2 is 2.12 bits per heavy atom. The second-order valence-electron chi connectivity index (χ2n) is 6.72. The van der Waals surface area contributed by atoms with Crippen molar-refractivity contribution in [3.63, 3.8) is 0 Å². The van der Waals surface area contributed by atoms with Crippen molar-refractivity contribution in [2.45, 2.75) is 25.7 Å². The number of rotatable bonds is 3. The van der Waals surface area contributed by atoms with Gasteiger partial charge in [-0.2, -0.15) is 5.10 Å². The molecule has 1 aliphatic heterocycles. The Balaban J connectivity index is 1.60. The van der Waals surface area contributed by atoms with Crippen LogP contribution in [0.1, 0.15) is 40.5 Å². The second-order valence-corrected chi connectivity index (χ2v) is 6.72. The van der Waals surface area contributed by atoms with Gasteiger partial charge in [-0.15, -0.1) is 0 Å². The van der Waals surface area contributed by atoms with E-state index in [1.54, 1.807) is 6.20 Å². The number of hydrogen-bond donors (Lipinski definition) is 1. The SMILES string of the molecule is Cc1cc([C@@H]2CCCN(C(=O)c3cncnc3-c3ccccc3)C2)n[nH]1. The molecule has 1 aromatic carbocycles. The van der Waals surface area contributed by atoms with Crippen molar-refractivity contribution in [3.8, 4) is 11.3 Å². The van der Waals surface area contributed by atoms with Gasteiger partial charge < -0.3 is 4.90 Å². The first kappa shape index (κ1) is 16.4. The summed E-state index contributed by atoms with van der Waals surface area (Å²) in [5.41, 5.74) is 4.24. The predicted octanol–water partition coefficient (Wildman–Crippen LogP) is 3.19. The molecule has 3 aromatic rings. The molecular formula is C20H21N5O. The summed E-state index contributed by atoms with van der Waals surface area (Å²) in [6.45, 7) is 3.42. The van der Waals surface area contributed by atoms with Crippen LogP contribution in [0.25, 0.3) is 11.3 Å². The molecule has 6 heteroatoms. The topological polar surface area (TPSA) is 74.8 Å². The zero-order chi connectivity index (χ0) is 17.9. The fourth-order valence-electron chi connectivity index (χ4n) is 3.53. The highest BCUT2D eigenvalue weighted by molar-refractivity contribution is 5.99. The van der Waals surface area contributed by atoms with Crippen molar-refractivity contribution < 1.29 is 4.79 Å². The number of aromatic nitrogens is 4. The summed E-state index contributed by atoms with van der Waals surface area (Å²) in [6, 6.07) is 11.8. The smallest absolute Gasteiger partial charge is 0.257 e. The standard InChI is InChI=1S/C20H21N5O/c1-14-10-18(24-23-14)16-8-5-9-25(12-16)20(26)17-11-21-13-22-19(17)15-6-3-2-4-7-15/h2-4,6-7,10-11,13,16H,5,8-9,12H2,1H3,(H,23,24)/t16-/m1/s1. The Kier molecular flexibility index (Phi) is 4.48. The van der Waals surface area contributed by atoms with E-state index in [0.29, 0.717) is 17.8 Å². The van der Waals surface area contributed by atoms with Crippen LogP contribution in [0.3, 0.4) is 0 Å². The number of nitrogens with zero attached hydrogens (tertiary/aromatic N) is 4. The number of benzene rings is 1. The first-order chi connectivity index (χ1) is 12.7. The lowest BCUT2D eigenvalue weighted by atomic mass is 9.94. The molecule has 0 radical (unpaired) electrons. The zero-order valence-corrected chi connectivity index (χ0v) is 14.7. The van der Waals surface area contributed by atoms with Gasteiger partial charge in [-0.25, -0.2) is 9.97 Å². The maximum Gasteiger partial charge on any atom is 0.257 e. The largest absolute Gasteiger partial charge is 0.338 e. The summed E-state index contributed by atoms with van der Waals surface area (Å²) in [5, 5.41) is 7.38. The van der Waals surface area contributed by atoms with Gasteiger partial charge in [0, 0.05) is 36.5 Å². The third-order valence-electron chi connectivity index (χ3n) is 4.84. The molecule has 0 spiro atoms. The average Bonchev–Trinajstić information content (AvgIpc) is 3.15. The lowest BCUT2D eigenvalue weighted by molar-refractivity contribution is 0.0706. The minimum absolute atomic E-state index is 0.0126. The number of aryl methyl sites for hydroxylation is 1. The summed E-state index contributed by atoms with van der Waals surface area (Å²) in [7, 11) is 0. The maximum atomic E-state index is 13.2. The Labute approximate surface area is 152 Å². The van der Waals surface area contributed by atoms with Crippen LogP contribution in [-0.2, 0) is 0 Å². The molecule has 0 aliphatic carbocycles. The third-order valence-corrected chi connectivity index (χ3v) is 4.84. The molecule has 1 aliphatic rings. The number of nitrogens with one attached hydrogen (secondary N) is 1. The van der Waals surface area contributed by atoms with Crippen LogP contribution in [0, 0.1) is 6.92 Å². The van der Waals surface area contributed by atoms with Crippen LogP contribution in [0.4, 0.5) is 0 Å². The van der Waals surface area contributed by atoms with E-state index in [1.165, 1.54) is 6.33 Å². The Morgan fingerprint density at radius 1 is 1.27 bits per heavy atom. The molecular weight excluding hydrogens is 326 g/mol. The number of piperidine rings is 1. The fourth-order valence-corrected chi connectivity index (χ4v) is 3.53. The van der Waals surface area contributed by atoms with Gasteiger partial charge in [-0.3, -0.25) is 9.89 Å². The van der Waals surface area contributed by atoms with E-state index >= 15 is 0 Å². The highest BCUT2D eigenvalue weighted by Crippen LogP contribution is 2.28. The molecule has 4 rings (SSSR count). The van der Waals surface area contributed by atoms with Gasteiger partial charge in [0.15, 0.2) is 0 Å². The second kappa shape index (κ2) is 7.07. The van der Waals surface area contributed by atoms with E-state index in [2.05, 4.69) is 26.2 Å². The van der Waals surface area contributed by atoms with E-state index in [9.17, 15) is 4.79 Å². The van der Waals surface area contributed by atoms with E-state index in [4.69, 9.17) is 0 Å². The number of amides is 1. The number of carbonyl (C=O) groups is 1. The Bertz CT molecular complexity index is 905. The summed E-state index contributed by atoms with van der Waals surface area (Å²) < 4.78 is 0. The normalized spacial score (nSPS) is 17.3. The Morgan fingerprint density at radius 3 is 2.88 bits per heavy atom. The number of H-pyrrole nitrogens is 1. The molecule has 1 saturated heterocycles. The number of carbonyl (C=O) groups excluding carboxylic acids is 1.